The maximum atomic E-state index is 13.1. The van der Waals surface area contributed by atoms with Crippen molar-refractivity contribution in [2.24, 2.45) is 5.92 Å². The van der Waals surface area contributed by atoms with Crippen molar-refractivity contribution in [3.05, 3.63) is 64.1 Å². The third-order valence-electron chi connectivity index (χ3n) is 5.96. The minimum atomic E-state index is -0.346. The molecule has 1 aliphatic rings. The molecule has 0 spiro atoms. The molecule has 0 saturated carbocycles. The first-order valence-corrected chi connectivity index (χ1v) is 12.6. The molecule has 1 unspecified atom stereocenters. The zero-order valence-electron chi connectivity index (χ0n) is 19.8. The average molecular weight is 520 g/mol. The molecule has 2 aromatic carbocycles. The number of carbonyl (C=O) groups is 3. The van der Waals surface area contributed by atoms with Crippen molar-refractivity contribution in [1.29, 1.82) is 0 Å². The van der Waals surface area contributed by atoms with Crippen LogP contribution < -0.4 is 5.32 Å². The van der Waals surface area contributed by atoms with Gasteiger partial charge < -0.3 is 19.9 Å². The number of anilines is 1. The third kappa shape index (κ3) is 8.15. The van der Waals surface area contributed by atoms with Gasteiger partial charge in [-0.25, -0.2) is 4.79 Å². The van der Waals surface area contributed by atoms with E-state index in [-0.39, 0.29) is 36.8 Å². The second kappa shape index (κ2) is 13.4. The zero-order valence-corrected chi connectivity index (χ0v) is 21.4. The van der Waals surface area contributed by atoms with Gasteiger partial charge in [0.05, 0.1) is 23.2 Å². The molecule has 7 nitrogen and oxygen atoms in total. The molecule has 9 heteroatoms. The van der Waals surface area contributed by atoms with Crippen molar-refractivity contribution >= 4 is 46.8 Å². The van der Waals surface area contributed by atoms with Gasteiger partial charge in [-0.2, -0.15) is 0 Å². The molecule has 1 saturated heterocycles. The number of nitrogens with zero attached hydrogens (tertiary/aromatic N) is 2. The Labute approximate surface area is 216 Å². The van der Waals surface area contributed by atoms with E-state index in [0.717, 1.165) is 18.4 Å². The lowest BCUT2D eigenvalue weighted by atomic mass is 9.98. The molecule has 1 fully saturated rings. The number of esters is 1. The van der Waals surface area contributed by atoms with Crippen molar-refractivity contribution in [1.82, 2.24) is 9.80 Å². The minimum absolute atomic E-state index is 0.0824. The van der Waals surface area contributed by atoms with Crippen LogP contribution in [-0.4, -0.2) is 60.5 Å². The van der Waals surface area contributed by atoms with Gasteiger partial charge in [0.1, 0.15) is 0 Å². The largest absolute Gasteiger partial charge is 0.466 e. The van der Waals surface area contributed by atoms with Crippen LogP contribution in [0.4, 0.5) is 10.5 Å². The highest BCUT2D eigenvalue weighted by atomic mass is 35.5. The second-order valence-electron chi connectivity index (χ2n) is 8.46. The molecular weight excluding hydrogens is 489 g/mol. The van der Waals surface area contributed by atoms with Gasteiger partial charge in [-0.1, -0.05) is 53.5 Å². The Balaban J connectivity index is 1.63. The Morgan fingerprint density at radius 1 is 1.11 bits per heavy atom. The van der Waals surface area contributed by atoms with Crippen molar-refractivity contribution in [3.63, 3.8) is 0 Å². The fourth-order valence-corrected chi connectivity index (χ4v) is 4.51. The Hall–Kier alpha value is -2.77. The quantitative estimate of drug-likeness (QED) is 0.458. The first kappa shape index (κ1) is 26.8. The van der Waals surface area contributed by atoms with Crippen LogP contribution >= 0.6 is 23.2 Å². The summed E-state index contributed by atoms with van der Waals surface area (Å²) in [6, 6.07) is 14.4. The summed E-state index contributed by atoms with van der Waals surface area (Å²) in [5.74, 6) is -0.632. The predicted molar refractivity (Wildman–Crippen MR) is 138 cm³/mol. The van der Waals surface area contributed by atoms with E-state index in [9.17, 15) is 14.4 Å². The standard InChI is InChI=1S/C26H31Cl2N3O4/c1-2-35-25(33)20-9-6-14-31(18-20)24(32)13-16-30(15-12-19-7-4-3-5-8-19)26(34)29-23-11-10-21(27)17-22(23)28/h3-5,7-8,10-11,17,20H,2,6,9,12-16,18H2,1H3,(H,29,34). The summed E-state index contributed by atoms with van der Waals surface area (Å²) >= 11 is 12.2. The fraction of sp³-hybridized carbons (Fsp3) is 0.423. The number of benzene rings is 2. The van der Waals surface area contributed by atoms with Gasteiger partial charge >= 0.3 is 12.0 Å². The number of rotatable bonds is 9. The Kier molecular flexibility index (Phi) is 10.2. The molecule has 3 amide bonds. The summed E-state index contributed by atoms with van der Waals surface area (Å²) in [5.41, 5.74) is 1.54. The van der Waals surface area contributed by atoms with E-state index in [4.69, 9.17) is 27.9 Å². The van der Waals surface area contributed by atoms with E-state index in [0.29, 0.717) is 48.4 Å². The Morgan fingerprint density at radius 3 is 2.60 bits per heavy atom. The number of amides is 3. The molecule has 0 radical (unpaired) electrons. The van der Waals surface area contributed by atoms with Crippen molar-refractivity contribution in [2.45, 2.75) is 32.6 Å². The maximum absolute atomic E-state index is 13.1. The topological polar surface area (TPSA) is 79.0 Å². The maximum Gasteiger partial charge on any atom is 0.321 e. The molecule has 1 atom stereocenters. The van der Waals surface area contributed by atoms with Gasteiger partial charge in [-0.15, -0.1) is 0 Å². The molecule has 2 aromatic rings. The summed E-state index contributed by atoms with van der Waals surface area (Å²) in [6.45, 7) is 3.73. The van der Waals surface area contributed by atoms with Crippen LogP contribution in [0.25, 0.3) is 0 Å². The smallest absolute Gasteiger partial charge is 0.321 e. The lowest BCUT2D eigenvalue weighted by molar-refractivity contribution is -0.151. The summed E-state index contributed by atoms with van der Waals surface area (Å²) in [7, 11) is 0. The molecule has 1 N–H and O–H groups in total. The van der Waals surface area contributed by atoms with Crippen LogP contribution in [0.3, 0.4) is 0 Å². The lowest BCUT2D eigenvalue weighted by Gasteiger charge is -2.32. The van der Waals surface area contributed by atoms with Gasteiger partial charge in [-0.05, 0) is 49.9 Å². The normalized spacial score (nSPS) is 15.4. The van der Waals surface area contributed by atoms with Crippen LogP contribution in [0.15, 0.2) is 48.5 Å². The average Bonchev–Trinajstić information content (AvgIpc) is 2.86. The van der Waals surface area contributed by atoms with E-state index >= 15 is 0 Å². The van der Waals surface area contributed by atoms with Gasteiger partial charge in [0.25, 0.3) is 0 Å². The van der Waals surface area contributed by atoms with Gasteiger partial charge in [-0.3, -0.25) is 9.59 Å². The molecule has 0 bridgehead atoms. The number of hydrogen-bond acceptors (Lipinski definition) is 4. The fourth-order valence-electron chi connectivity index (χ4n) is 4.05. The monoisotopic (exact) mass is 519 g/mol. The summed E-state index contributed by atoms with van der Waals surface area (Å²) in [6.07, 6.45) is 2.27. The van der Waals surface area contributed by atoms with Crippen LogP contribution in [-0.2, 0) is 20.7 Å². The number of piperidine rings is 1. The zero-order chi connectivity index (χ0) is 25.2. The molecule has 0 aliphatic carbocycles. The van der Waals surface area contributed by atoms with E-state index in [1.807, 2.05) is 30.3 Å². The molecule has 35 heavy (non-hydrogen) atoms. The lowest BCUT2D eigenvalue weighted by Crippen LogP contribution is -2.45. The van der Waals surface area contributed by atoms with E-state index in [1.165, 1.54) is 0 Å². The van der Waals surface area contributed by atoms with Crippen molar-refractivity contribution in [2.75, 3.05) is 38.1 Å². The molecule has 188 valence electrons. The SMILES string of the molecule is CCOC(=O)C1CCCN(C(=O)CCN(CCc2ccccc2)C(=O)Nc2ccc(Cl)cc2Cl)C1. The minimum Gasteiger partial charge on any atom is -0.466 e. The van der Waals surface area contributed by atoms with E-state index in [2.05, 4.69) is 5.32 Å². The first-order valence-electron chi connectivity index (χ1n) is 11.9. The van der Waals surface area contributed by atoms with Gasteiger partial charge in [0.15, 0.2) is 0 Å². The number of halogens is 2. The van der Waals surface area contributed by atoms with Gasteiger partial charge in [0, 0.05) is 37.6 Å². The number of carbonyl (C=O) groups excluding carboxylic acids is 3. The number of nitrogens with one attached hydrogen (secondary N) is 1. The van der Waals surface area contributed by atoms with E-state index < -0.39 is 0 Å². The molecule has 1 heterocycles. The first-order chi connectivity index (χ1) is 16.9. The number of ether oxygens (including phenoxy) is 1. The number of urea groups is 1. The summed E-state index contributed by atoms with van der Waals surface area (Å²) < 4.78 is 5.13. The number of hydrogen-bond donors (Lipinski definition) is 1. The number of likely N-dealkylation sites (tertiary alicyclic amines) is 1. The second-order valence-corrected chi connectivity index (χ2v) is 9.30. The molecule has 3 rings (SSSR count). The van der Waals surface area contributed by atoms with Crippen LogP contribution in [0.2, 0.25) is 10.0 Å². The summed E-state index contributed by atoms with van der Waals surface area (Å²) in [5, 5.41) is 3.63. The van der Waals surface area contributed by atoms with E-state index in [1.54, 1.807) is 34.9 Å². The van der Waals surface area contributed by atoms with Crippen LogP contribution in [0.5, 0.6) is 0 Å². The van der Waals surface area contributed by atoms with Crippen molar-refractivity contribution < 1.29 is 19.1 Å². The Morgan fingerprint density at radius 2 is 1.89 bits per heavy atom. The highest BCUT2D eigenvalue weighted by Crippen LogP contribution is 2.26. The van der Waals surface area contributed by atoms with Crippen LogP contribution in [0.1, 0.15) is 31.7 Å². The highest BCUT2D eigenvalue weighted by molar-refractivity contribution is 6.36. The summed E-state index contributed by atoms with van der Waals surface area (Å²) in [4.78, 5) is 41.5. The third-order valence-corrected chi connectivity index (χ3v) is 6.51. The highest BCUT2D eigenvalue weighted by Gasteiger charge is 2.29. The van der Waals surface area contributed by atoms with Crippen LogP contribution in [0, 0.1) is 5.92 Å². The Bertz CT molecular complexity index is 1020. The predicted octanol–water partition coefficient (Wildman–Crippen LogP) is 5.26. The molecular formula is C26H31Cl2N3O4. The van der Waals surface area contributed by atoms with Gasteiger partial charge in [0.2, 0.25) is 5.91 Å². The molecule has 1 aliphatic heterocycles. The van der Waals surface area contributed by atoms with Crippen molar-refractivity contribution in [3.8, 4) is 0 Å². The molecule has 0 aromatic heterocycles.